The SMILES string of the molecule is Cc1ccc(-c2nn(-c3ccccc3)cc2/C=N\n2c(=S)[nH][nH]c2=S)cc1. The molecule has 6 nitrogen and oxygen atoms in total. The van der Waals surface area contributed by atoms with Gasteiger partial charge in [0.25, 0.3) is 0 Å². The fourth-order valence-electron chi connectivity index (χ4n) is 2.66. The highest BCUT2D eigenvalue weighted by Gasteiger charge is 2.11. The second-order valence-corrected chi connectivity index (χ2v) is 6.77. The van der Waals surface area contributed by atoms with E-state index in [1.165, 1.54) is 10.2 Å². The Hall–Kier alpha value is -3.10. The molecular formula is C19H16N6S2. The van der Waals surface area contributed by atoms with Crippen LogP contribution in [0.5, 0.6) is 0 Å². The van der Waals surface area contributed by atoms with Crippen molar-refractivity contribution in [1.82, 2.24) is 24.7 Å². The minimum Gasteiger partial charge on any atom is -0.273 e. The van der Waals surface area contributed by atoms with Gasteiger partial charge >= 0.3 is 0 Å². The van der Waals surface area contributed by atoms with Gasteiger partial charge < -0.3 is 0 Å². The molecule has 0 saturated heterocycles. The molecule has 27 heavy (non-hydrogen) atoms. The summed E-state index contributed by atoms with van der Waals surface area (Å²) in [5.41, 5.74) is 4.88. The van der Waals surface area contributed by atoms with Crippen molar-refractivity contribution in [1.29, 1.82) is 0 Å². The highest BCUT2D eigenvalue weighted by Crippen LogP contribution is 2.23. The smallest absolute Gasteiger partial charge is 0.215 e. The molecule has 4 rings (SSSR count). The van der Waals surface area contributed by atoms with Crippen molar-refractivity contribution in [3.8, 4) is 16.9 Å². The zero-order valence-electron chi connectivity index (χ0n) is 14.5. The molecule has 2 heterocycles. The van der Waals surface area contributed by atoms with Crippen molar-refractivity contribution in [2.75, 3.05) is 0 Å². The Morgan fingerprint density at radius 2 is 1.63 bits per heavy atom. The van der Waals surface area contributed by atoms with Crippen molar-refractivity contribution in [2.45, 2.75) is 6.92 Å². The van der Waals surface area contributed by atoms with Crippen LogP contribution in [0.25, 0.3) is 16.9 Å². The van der Waals surface area contributed by atoms with Gasteiger partial charge in [0.05, 0.1) is 11.9 Å². The van der Waals surface area contributed by atoms with Gasteiger partial charge in [0.2, 0.25) is 9.54 Å². The normalized spacial score (nSPS) is 11.3. The van der Waals surface area contributed by atoms with Crippen LogP contribution in [0.2, 0.25) is 0 Å². The summed E-state index contributed by atoms with van der Waals surface area (Å²) in [6, 6.07) is 18.2. The van der Waals surface area contributed by atoms with E-state index < -0.39 is 0 Å². The quantitative estimate of drug-likeness (QED) is 0.392. The van der Waals surface area contributed by atoms with E-state index in [1.807, 2.05) is 41.2 Å². The molecule has 0 aliphatic heterocycles. The van der Waals surface area contributed by atoms with Crippen LogP contribution in [-0.2, 0) is 0 Å². The Balaban J connectivity index is 1.83. The fraction of sp³-hybridized carbons (Fsp3) is 0.0526. The van der Waals surface area contributed by atoms with Gasteiger partial charge in [-0.15, -0.1) is 0 Å². The average Bonchev–Trinajstić information content (AvgIpc) is 3.25. The first-order valence-corrected chi connectivity index (χ1v) is 9.09. The van der Waals surface area contributed by atoms with Crippen LogP contribution < -0.4 is 0 Å². The maximum Gasteiger partial charge on any atom is 0.215 e. The summed E-state index contributed by atoms with van der Waals surface area (Å²) in [4.78, 5) is 0. The van der Waals surface area contributed by atoms with E-state index in [0.717, 1.165) is 22.5 Å². The molecule has 0 radical (unpaired) electrons. The number of nitrogens with one attached hydrogen (secondary N) is 2. The Morgan fingerprint density at radius 1 is 0.963 bits per heavy atom. The third-order valence-electron chi connectivity index (χ3n) is 4.06. The third kappa shape index (κ3) is 3.57. The number of rotatable bonds is 4. The molecule has 134 valence electrons. The minimum atomic E-state index is 0.406. The van der Waals surface area contributed by atoms with Crippen molar-refractivity contribution in [2.24, 2.45) is 5.10 Å². The summed E-state index contributed by atoms with van der Waals surface area (Å²) in [6.45, 7) is 2.06. The van der Waals surface area contributed by atoms with Crippen molar-refractivity contribution < 1.29 is 0 Å². The maximum absolute atomic E-state index is 5.19. The number of benzene rings is 2. The lowest BCUT2D eigenvalue weighted by Gasteiger charge is -2.01. The molecule has 0 aliphatic rings. The molecule has 0 amide bonds. The molecule has 8 heteroatoms. The van der Waals surface area contributed by atoms with Crippen LogP contribution in [0, 0.1) is 16.5 Å². The minimum absolute atomic E-state index is 0.406. The first-order chi connectivity index (χ1) is 13.1. The lowest BCUT2D eigenvalue weighted by Crippen LogP contribution is -1.93. The molecule has 0 spiro atoms. The van der Waals surface area contributed by atoms with Gasteiger partial charge in [-0.25, -0.2) is 4.68 Å². The standard InChI is InChI=1S/C19H16N6S2/c1-13-7-9-14(10-8-13)17-15(11-20-25-18(26)21-22-19(25)27)12-24(23-17)16-5-3-2-4-6-16/h2-12H,1H3,(H,21,26)(H,22,27)/b20-11-. The number of aromatic nitrogens is 5. The summed E-state index contributed by atoms with van der Waals surface area (Å²) in [6.07, 6.45) is 3.66. The van der Waals surface area contributed by atoms with Gasteiger partial charge in [-0.1, -0.05) is 48.0 Å². The summed E-state index contributed by atoms with van der Waals surface area (Å²) in [5.74, 6) is 0. The first-order valence-electron chi connectivity index (χ1n) is 8.28. The number of aromatic amines is 2. The van der Waals surface area contributed by atoms with E-state index >= 15 is 0 Å². The molecule has 2 N–H and O–H groups in total. The van der Waals surface area contributed by atoms with Crippen LogP contribution >= 0.6 is 24.4 Å². The number of aryl methyl sites for hydroxylation is 1. The molecular weight excluding hydrogens is 376 g/mol. The molecule has 0 aliphatic carbocycles. The number of H-pyrrole nitrogens is 2. The lowest BCUT2D eigenvalue weighted by atomic mass is 10.1. The topological polar surface area (TPSA) is 66.7 Å². The van der Waals surface area contributed by atoms with Crippen molar-refractivity contribution in [3.05, 3.63) is 81.5 Å². The van der Waals surface area contributed by atoms with E-state index in [9.17, 15) is 0 Å². The molecule has 0 saturated carbocycles. The van der Waals surface area contributed by atoms with Gasteiger partial charge in [0, 0.05) is 17.3 Å². The van der Waals surface area contributed by atoms with Gasteiger partial charge in [0.1, 0.15) is 5.69 Å². The van der Waals surface area contributed by atoms with Crippen LogP contribution in [0.15, 0.2) is 65.9 Å². The summed E-state index contributed by atoms with van der Waals surface area (Å²) in [7, 11) is 0. The molecule has 4 aromatic rings. The molecule has 0 bridgehead atoms. The second kappa shape index (κ2) is 7.26. The second-order valence-electron chi connectivity index (χ2n) is 6.00. The van der Waals surface area contributed by atoms with Crippen LogP contribution in [0.4, 0.5) is 0 Å². The predicted octanol–water partition coefficient (Wildman–Crippen LogP) is 4.65. The van der Waals surface area contributed by atoms with E-state index in [0.29, 0.717) is 9.54 Å². The van der Waals surface area contributed by atoms with Gasteiger partial charge in [0.15, 0.2) is 0 Å². The van der Waals surface area contributed by atoms with E-state index in [2.05, 4.69) is 46.5 Å². The number of hydrogen-bond donors (Lipinski definition) is 2. The van der Waals surface area contributed by atoms with Crippen molar-refractivity contribution >= 4 is 30.7 Å². The van der Waals surface area contributed by atoms with Gasteiger partial charge in [-0.05, 0) is 43.5 Å². The molecule has 2 aromatic carbocycles. The van der Waals surface area contributed by atoms with Crippen molar-refractivity contribution in [3.63, 3.8) is 0 Å². The van der Waals surface area contributed by atoms with E-state index in [1.54, 1.807) is 6.21 Å². The zero-order chi connectivity index (χ0) is 18.8. The van der Waals surface area contributed by atoms with Crippen LogP contribution in [0.3, 0.4) is 0 Å². The summed E-state index contributed by atoms with van der Waals surface area (Å²) in [5, 5.41) is 14.7. The monoisotopic (exact) mass is 392 g/mol. The van der Waals surface area contributed by atoms with Gasteiger partial charge in [-0.2, -0.15) is 14.9 Å². The number of para-hydroxylation sites is 1. The number of nitrogens with zero attached hydrogens (tertiary/aromatic N) is 4. The highest BCUT2D eigenvalue weighted by atomic mass is 32.1. The van der Waals surface area contributed by atoms with E-state index in [4.69, 9.17) is 29.5 Å². The first kappa shape index (κ1) is 17.3. The molecule has 0 unspecified atom stereocenters. The number of hydrogen-bond acceptors (Lipinski definition) is 4. The molecule has 0 atom stereocenters. The Labute approximate surface area is 165 Å². The predicted molar refractivity (Wildman–Crippen MR) is 112 cm³/mol. The molecule has 0 fully saturated rings. The third-order valence-corrected chi connectivity index (χ3v) is 4.61. The van der Waals surface area contributed by atoms with Gasteiger partial charge in [-0.3, -0.25) is 10.2 Å². The highest BCUT2D eigenvalue weighted by molar-refractivity contribution is 7.72. The largest absolute Gasteiger partial charge is 0.273 e. The summed E-state index contributed by atoms with van der Waals surface area (Å²) >= 11 is 10.4. The fourth-order valence-corrected chi connectivity index (χ4v) is 3.10. The lowest BCUT2D eigenvalue weighted by molar-refractivity contribution is 0.848. The van der Waals surface area contributed by atoms with Crippen LogP contribution in [-0.4, -0.2) is 30.9 Å². The Morgan fingerprint density at radius 3 is 2.30 bits per heavy atom. The van der Waals surface area contributed by atoms with Crippen LogP contribution in [0.1, 0.15) is 11.1 Å². The Kier molecular flexibility index (Phi) is 4.66. The Bertz CT molecular complexity index is 1180. The molecule has 2 aromatic heterocycles. The summed E-state index contributed by atoms with van der Waals surface area (Å²) < 4.78 is 4.11. The van der Waals surface area contributed by atoms with E-state index in [-0.39, 0.29) is 0 Å². The average molecular weight is 393 g/mol. The zero-order valence-corrected chi connectivity index (χ0v) is 16.1. The maximum atomic E-state index is 5.19.